The van der Waals surface area contributed by atoms with E-state index in [0.717, 1.165) is 34.9 Å². The molecule has 0 saturated carbocycles. The zero-order valence-corrected chi connectivity index (χ0v) is 18.9. The number of ether oxygens (including phenoxy) is 2. The summed E-state index contributed by atoms with van der Waals surface area (Å²) in [6, 6.07) is 15.0. The minimum absolute atomic E-state index is 0.102. The van der Waals surface area contributed by atoms with E-state index in [1.165, 1.54) is 0 Å². The number of amides is 1. The Hall–Kier alpha value is -2.99. The molecular weight excluding hydrogens is 414 g/mol. The number of benzene rings is 2. The molecule has 31 heavy (non-hydrogen) atoms. The first-order chi connectivity index (χ1) is 15.0. The lowest BCUT2D eigenvalue weighted by atomic mass is 10.1. The van der Waals surface area contributed by atoms with Crippen molar-refractivity contribution in [1.29, 1.82) is 0 Å². The summed E-state index contributed by atoms with van der Waals surface area (Å²) in [7, 11) is 0. The quantitative estimate of drug-likeness (QED) is 0.452. The van der Waals surface area contributed by atoms with Crippen molar-refractivity contribution in [3.05, 3.63) is 76.1 Å². The van der Waals surface area contributed by atoms with Crippen molar-refractivity contribution >= 4 is 17.5 Å². The van der Waals surface area contributed by atoms with Gasteiger partial charge in [0.15, 0.2) is 0 Å². The Labute approximate surface area is 188 Å². The van der Waals surface area contributed by atoms with Crippen LogP contribution in [0.2, 0.25) is 5.02 Å². The number of rotatable bonds is 10. The van der Waals surface area contributed by atoms with E-state index in [4.69, 9.17) is 21.1 Å². The minimum Gasteiger partial charge on any atom is -0.494 e. The highest BCUT2D eigenvalue weighted by molar-refractivity contribution is 6.31. The molecule has 0 aliphatic heterocycles. The third-order valence-electron chi connectivity index (χ3n) is 4.85. The summed E-state index contributed by atoms with van der Waals surface area (Å²) in [5.74, 6) is 1.46. The fourth-order valence-electron chi connectivity index (χ4n) is 3.19. The average Bonchev–Trinajstić information content (AvgIpc) is 3.03. The monoisotopic (exact) mass is 441 g/mol. The summed E-state index contributed by atoms with van der Waals surface area (Å²) >= 11 is 6.17. The average molecular weight is 442 g/mol. The van der Waals surface area contributed by atoms with Crippen molar-refractivity contribution in [2.45, 2.75) is 40.3 Å². The van der Waals surface area contributed by atoms with Gasteiger partial charge < -0.3 is 14.8 Å². The number of nitrogens with zero attached hydrogens (tertiary/aromatic N) is 2. The smallest absolute Gasteiger partial charge is 0.251 e. The molecule has 3 aromatic rings. The van der Waals surface area contributed by atoms with Crippen LogP contribution in [-0.2, 0) is 13.2 Å². The molecule has 0 unspecified atom stereocenters. The zero-order valence-electron chi connectivity index (χ0n) is 18.2. The molecule has 0 atom stereocenters. The van der Waals surface area contributed by atoms with Gasteiger partial charge in [0.1, 0.15) is 18.1 Å². The van der Waals surface area contributed by atoms with E-state index in [1.54, 1.807) is 6.07 Å². The summed E-state index contributed by atoms with van der Waals surface area (Å²) in [6.45, 7) is 8.06. The van der Waals surface area contributed by atoms with Gasteiger partial charge in [-0.05, 0) is 69.2 Å². The molecule has 0 bridgehead atoms. The van der Waals surface area contributed by atoms with E-state index in [2.05, 4.69) is 10.4 Å². The Morgan fingerprint density at radius 2 is 1.81 bits per heavy atom. The van der Waals surface area contributed by atoms with Crippen LogP contribution in [0.4, 0.5) is 0 Å². The number of aryl methyl sites for hydroxylation is 2. The number of carbonyl (C=O) groups excluding carboxylic acids is 1. The first-order valence-corrected chi connectivity index (χ1v) is 10.8. The summed E-state index contributed by atoms with van der Waals surface area (Å²) in [5.41, 5.74) is 3.32. The van der Waals surface area contributed by atoms with Gasteiger partial charge in [-0.15, -0.1) is 0 Å². The van der Waals surface area contributed by atoms with Crippen LogP contribution in [0.1, 0.15) is 40.7 Å². The SMILES string of the molecule is CCOc1ccc(OCc2cccc(C(=O)NCCCn3nc(C)c(Cl)c3C)c2)cc1. The molecule has 2 aromatic carbocycles. The van der Waals surface area contributed by atoms with Crippen LogP contribution in [0.25, 0.3) is 0 Å². The van der Waals surface area contributed by atoms with Gasteiger partial charge in [-0.2, -0.15) is 5.10 Å². The Bertz CT molecular complexity index is 1020. The van der Waals surface area contributed by atoms with Crippen LogP contribution >= 0.6 is 11.6 Å². The van der Waals surface area contributed by atoms with E-state index in [-0.39, 0.29) is 5.91 Å². The van der Waals surface area contributed by atoms with E-state index in [0.29, 0.717) is 36.9 Å². The third kappa shape index (κ3) is 6.25. The summed E-state index contributed by atoms with van der Waals surface area (Å²) in [5, 5.41) is 8.07. The molecule has 3 rings (SSSR count). The van der Waals surface area contributed by atoms with Crippen LogP contribution in [-0.4, -0.2) is 28.8 Å². The lowest BCUT2D eigenvalue weighted by Crippen LogP contribution is -2.25. The van der Waals surface area contributed by atoms with Gasteiger partial charge in [-0.1, -0.05) is 23.7 Å². The highest BCUT2D eigenvalue weighted by Gasteiger charge is 2.10. The third-order valence-corrected chi connectivity index (χ3v) is 5.40. The van der Waals surface area contributed by atoms with Gasteiger partial charge in [0, 0.05) is 18.7 Å². The topological polar surface area (TPSA) is 65.4 Å². The lowest BCUT2D eigenvalue weighted by Gasteiger charge is -2.10. The van der Waals surface area contributed by atoms with E-state index in [9.17, 15) is 4.79 Å². The van der Waals surface area contributed by atoms with Crippen molar-refractivity contribution in [1.82, 2.24) is 15.1 Å². The first-order valence-electron chi connectivity index (χ1n) is 10.4. The van der Waals surface area contributed by atoms with Crippen molar-refractivity contribution in [3.63, 3.8) is 0 Å². The second-order valence-electron chi connectivity index (χ2n) is 7.21. The molecule has 0 fully saturated rings. The molecule has 0 radical (unpaired) electrons. The predicted molar refractivity (Wildman–Crippen MR) is 122 cm³/mol. The minimum atomic E-state index is -0.102. The Balaban J connectivity index is 1.47. The van der Waals surface area contributed by atoms with Crippen molar-refractivity contribution in [2.75, 3.05) is 13.2 Å². The van der Waals surface area contributed by atoms with Crippen LogP contribution in [0.15, 0.2) is 48.5 Å². The molecule has 0 aliphatic carbocycles. The van der Waals surface area contributed by atoms with Crippen molar-refractivity contribution in [2.24, 2.45) is 0 Å². The first kappa shape index (κ1) is 22.7. The molecule has 1 N–H and O–H groups in total. The molecule has 6 nitrogen and oxygen atoms in total. The van der Waals surface area contributed by atoms with Crippen LogP contribution < -0.4 is 14.8 Å². The molecule has 164 valence electrons. The van der Waals surface area contributed by atoms with Crippen molar-refractivity contribution in [3.8, 4) is 11.5 Å². The number of carbonyl (C=O) groups is 1. The molecule has 0 spiro atoms. The van der Waals surface area contributed by atoms with Crippen LogP contribution in [0, 0.1) is 13.8 Å². The van der Waals surface area contributed by atoms with Crippen LogP contribution in [0.5, 0.6) is 11.5 Å². The number of aromatic nitrogens is 2. The summed E-state index contributed by atoms with van der Waals surface area (Å²) in [4.78, 5) is 12.5. The molecule has 0 saturated heterocycles. The molecule has 1 amide bonds. The van der Waals surface area contributed by atoms with E-state index < -0.39 is 0 Å². The van der Waals surface area contributed by atoms with Gasteiger partial charge >= 0.3 is 0 Å². The maximum atomic E-state index is 12.5. The highest BCUT2D eigenvalue weighted by Crippen LogP contribution is 2.20. The molecular formula is C24H28ClN3O3. The van der Waals surface area contributed by atoms with Crippen molar-refractivity contribution < 1.29 is 14.3 Å². The highest BCUT2D eigenvalue weighted by atomic mass is 35.5. The predicted octanol–water partition coefficient (Wildman–Crippen LogP) is 4.95. The Morgan fingerprint density at radius 3 is 2.45 bits per heavy atom. The molecule has 7 heteroatoms. The standard InChI is InChI=1S/C24H28ClN3O3/c1-4-30-21-9-11-22(12-10-21)31-16-19-7-5-8-20(15-19)24(29)26-13-6-14-28-18(3)23(25)17(2)27-28/h5,7-12,15H,4,6,13-14,16H2,1-3H3,(H,26,29). The Kier molecular flexibility index (Phi) is 7.95. The van der Waals surface area contributed by atoms with E-state index >= 15 is 0 Å². The normalized spacial score (nSPS) is 10.7. The largest absolute Gasteiger partial charge is 0.494 e. The van der Waals surface area contributed by atoms with Gasteiger partial charge in [-0.25, -0.2) is 0 Å². The van der Waals surface area contributed by atoms with Gasteiger partial charge in [0.2, 0.25) is 0 Å². The fourth-order valence-corrected chi connectivity index (χ4v) is 3.33. The number of nitrogens with one attached hydrogen (secondary N) is 1. The van der Waals surface area contributed by atoms with E-state index in [1.807, 2.05) is 67.9 Å². The Morgan fingerprint density at radius 1 is 1.10 bits per heavy atom. The number of hydrogen-bond donors (Lipinski definition) is 1. The molecule has 1 aromatic heterocycles. The second kappa shape index (κ2) is 10.9. The second-order valence-corrected chi connectivity index (χ2v) is 7.59. The fraction of sp³-hybridized carbons (Fsp3) is 0.333. The van der Waals surface area contributed by atoms with Crippen LogP contribution in [0.3, 0.4) is 0 Å². The zero-order chi connectivity index (χ0) is 22.2. The number of halogens is 1. The summed E-state index contributed by atoms with van der Waals surface area (Å²) in [6.07, 6.45) is 0.768. The maximum absolute atomic E-state index is 12.5. The number of hydrogen-bond acceptors (Lipinski definition) is 4. The van der Waals surface area contributed by atoms with Gasteiger partial charge in [-0.3, -0.25) is 9.48 Å². The van der Waals surface area contributed by atoms with Gasteiger partial charge in [0.25, 0.3) is 5.91 Å². The molecule has 1 heterocycles. The maximum Gasteiger partial charge on any atom is 0.251 e. The lowest BCUT2D eigenvalue weighted by molar-refractivity contribution is 0.0952. The summed E-state index contributed by atoms with van der Waals surface area (Å²) < 4.78 is 13.1. The molecule has 0 aliphatic rings. The van der Waals surface area contributed by atoms with Gasteiger partial charge in [0.05, 0.1) is 23.0 Å².